The predicted molar refractivity (Wildman–Crippen MR) is 109 cm³/mol. The molecule has 0 spiro atoms. The Hall–Kier alpha value is -1.82. The molecule has 1 heterocycles. The van der Waals surface area contributed by atoms with Gasteiger partial charge in [0.25, 0.3) is 0 Å². The van der Waals surface area contributed by atoms with Gasteiger partial charge in [0, 0.05) is 17.5 Å². The summed E-state index contributed by atoms with van der Waals surface area (Å²) in [6.07, 6.45) is 7.19. The molecule has 1 unspecified atom stereocenters. The number of aromatic nitrogens is 2. The zero-order chi connectivity index (χ0) is 18.4. The summed E-state index contributed by atoms with van der Waals surface area (Å²) in [5, 5.41) is 8.32. The molecule has 2 N–H and O–H groups in total. The molecule has 5 nitrogen and oxygen atoms in total. The average Bonchev–Trinajstić information content (AvgIpc) is 2.67. The van der Waals surface area contributed by atoms with Gasteiger partial charge >= 0.3 is 0 Å². The minimum absolute atomic E-state index is 0.0305. The molecule has 6 heteroatoms. The van der Waals surface area contributed by atoms with Gasteiger partial charge in [-0.25, -0.2) is 9.97 Å². The maximum absolute atomic E-state index is 12.0. The highest BCUT2D eigenvalue weighted by molar-refractivity contribution is 7.99. The number of rotatable bonds is 7. The number of benzene rings is 1. The van der Waals surface area contributed by atoms with Gasteiger partial charge < -0.3 is 10.6 Å². The molecule has 1 amide bonds. The van der Waals surface area contributed by atoms with Crippen molar-refractivity contribution >= 4 is 34.4 Å². The maximum atomic E-state index is 12.0. The summed E-state index contributed by atoms with van der Waals surface area (Å²) in [6, 6.07) is 8.75. The minimum Gasteiger partial charge on any atom is -0.367 e. The molecule has 1 saturated carbocycles. The van der Waals surface area contributed by atoms with E-state index in [1.807, 2.05) is 25.1 Å². The van der Waals surface area contributed by atoms with Crippen molar-refractivity contribution in [2.75, 3.05) is 11.1 Å². The maximum Gasteiger partial charge on any atom is 0.230 e. The van der Waals surface area contributed by atoms with Crippen LogP contribution in [-0.4, -0.2) is 33.7 Å². The van der Waals surface area contributed by atoms with Crippen LogP contribution in [0.15, 0.2) is 29.4 Å². The van der Waals surface area contributed by atoms with E-state index in [1.165, 1.54) is 43.9 Å². The molecule has 1 fully saturated rings. The Balaban J connectivity index is 1.74. The zero-order valence-electron chi connectivity index (χ0n) is 15.6. The van der Waals surface area contributed by atoms with Crippen LogP contribution < -0.4 is 10.6 Å². The molecular formula is C20H28N4OS. The Labute approximate surface area is 159 Å². The third kappa shape index (κ3) is 5.10. The second-order valence-corrected chi connectivity index (χ2v) is 7.96. The van der Waals surface area contributed by atoms with Crippen molar-refractivity contribution in [1.29, 1.82) is 0 Å². The number of para-hydroxylation sites is 1. The number of hydrogen-bond donors (Lipinski definition) is 2. The highest BCUT2D eigenvalue weighted by Crippen LogP contribution is 2.27. The summed E-state index contributed by atoms with van der Waals surface area (Å²) < 4.78 is 0. The van der Waals surface area contributed by atoms with E-state index in [2.05, 4.69) is 28.6 Å². The third-order valence-corrected chi connectivity index (χ3v) is 5.73. The van der Waals surface area contributed by atoms with Crippen molar-refractivity contribution in [3.63, 3.8) is 0 Å². The normalized spacial score (nSPS) is 16.4. The first-order chi connectivity index (χ1) is 12.7. The SMILES string of the molecule is CCC(C)NC(=O)CSc1nc(NC2CCCCC2)c2ccccc2n1. The van der Waals surface area contributed by atoms with Crippen molar-refractivity contribution in [1.82, 2.24) is 15.3 Å². The summed E-state index contributed by atoms with van der Waals surface area (Å²) in [6.45, 7) is 4.08. The summed E-state index contributed by atoms with van der Waals surface area (Å²) in [5.41, 5.74) is 0.922. The van der Waals surface area contributed by atoms with Crippen molar-refractivity contribution < 1.29 is 4.79 Å². The summed E-state index contributed by atoms with van der Waals surface area (Å²) >= 11 is 1.40. The highest BCUT2D eigenvalue weighted by atomic mass is 32.2. The van der Waals surface area contributed by atoms with E-state index in [1.54, 1.807) is 0 Å². The van der Waals surface area contributed by atoms with Gasteiger partial charge in [-0.1, -0.05) is 50.1 Å². The summed E-state index contributed by atoms with van der Waals surface area (Å²) in [7, 11) is 0. The first-order valence-corrected chi connectivity index (χ1v) is 10.6. The van der Waals surface area contributed by atoms with Crippen LogP contribution in [0.25, 0.3) is 10.9 Å². The fourth-order valence-corrected chi connectivity index (χ4v) is 3.88. The van der Waals surface area contributed by atoms with E-state index in [-0.39, 0.29) is 11.9 Å². The lowest BCUT2D eigenvalue weighted by molar-refractivity contribution is -0.119. The molecule has 2 aromatic rings. The number of hydrogen-bond acceptors (Lipinski definition) is 5. The van der Waals surface area contributed by atoms with Gasteiger partial charge in [0.15, 0.2) is 5.16 Å². The van der Waals surface area contributed by atoms with Crippen molar-refractivity contribution in [2.45, 2.75) is 69.6 Å². The van der Waals surface area contributed by atoms with Crippen LogP contribution in [0.1, 0.15) is 52.4 Å². The monoisotopic (exact) mass is 372 g/mol. The van der Waals surface area contributed by atoms with Crippen molar-refractivity contribution in [3.8, 4) is 0 Å². The van der Waals surface area contributed by atoms with Crippen LogP contribution >= 0.6 is 11.8 Å². The van der Waals surface area contributed by atoms with Gasteiger partial charge in [-0.05, 0) is 38.3 Å². The van der Waals surface area contributed by atoms with E-state index in [0.29, 0.717) is 17.0 Å². The average molecular weight is 373 g/mol. The number of amides is 1. The van der Waals surface area contributed by atoms with Gasteiger partial charge in [-0.3, -0.25) is 4.79 Å². The molecule has 0 aliphatic heterocycles. The number of anilines is 1. The second-order valence-electron chi connectivity index (χ2n) is 7.02. The molecule has 1 aromatic heterocycles. The zero-order valence-corrected chi connectivity index (χ0v) is 16.4. The molecule has 1 aromatic carbocycles. The van der Waals surface area contributed by atoms with Gasteiger partial charge in [0.2, 0.25) is 5.91 Å². The van der Waals surface area contributed by atoms with Crippen LogP contribution in [0.3, 0.4) is 0 Å². The number of carbonyl (C=O) groups is 1. The Kier molecular flexibility index (Phi) is 6.72. The quantitative estimate of drug-likeness (QED) is 0.558. The van der Waals surface area contributed by atoms with Crippen molar-refractivity contribution in [2.24, 2.45) is 0 Å². The van der Waals surface area contributed by atoms with Crippen LogP contribution in [0.2, 0.25) is 0 Å². The highest BCUT2D eigenvalue weighted by Gasteiger charge is 2.16. The van der Waals surface area contributed by atoms with Crippen LogP contribution in [0.5, 0.6) is 0 Å². The molecule has 0 saturated heterocycles. The van der Waals surface area contributed by atoms with E-state index in [4.69, 9.17) is 4.98 Å². The standard InChI is InChI=1S/C20H28N4OS/c1-3-14(2)21-18(25)13-26-20-23-17-12-8-7-11-16(17)19(24-20)22-15-9-5-4-6-10-15/h7-8,11-12,14-15H,3-6,9-10,13H2,1-2H3,(H,21,25)(H,22,23,24). The lowest BCUT2D eigenvalue weighted by Gasteiger charge is -2.24. The molecule has 1 aliphatic carbocycles. The van der Waals surface area contributed by atoms with E-state index >= 15 is 0 Å². The number of carbonyl (C=O) groups excluding carboxylic acids is 1. The fourth-order valence-electron chi connectivity index (χ4n) is 3.22. The molecule has 3 rings (SSSR count). The smallest absolute Gasteiger partial charge is 0.230 e. The van der Waals surface area contributed by atoms with Gasteiger partial charge in [-0.15, -0.1) is 0 Å². The van der Waals surface area contributed by atoms with Gasteiger partial charge in [-0.2, -0.15) is 0 Å². The molecular weight excluding hydrogens is 344 g/mol. The number of nitrogens with zero attached hydrogens (tertiary/aromatic N) is 2. The predicted octanol–water partition coefficient (Wildman–Crippen LogP) is 4.38. The van der Waals surface area contributed by atoms with E-state index in [9.17, 15) is 4.79 Å². The fraction of sp³-hybridized carbons (Fsp3) is 0.550. The molecule has 0 bridgehead atoms. The Bertz CT molecular complexity index is 746. The third-order valence-electron chi connectivity index (χ3n) is 4.88. The first-order valence-electron chi connectivity index (χ1n) is 9.61. The molecule has 1 atom stereocenters. The minimum atomic E-state index is 0.0305. The molecule has 140 valence electrons. The Morgan fingerprint density at radius 3 is 2.77 bits per heavy atom. The lowest BCUT2D eigenvalue weighted by atomic mass is 9.95. The molecule has 1 aliphatic rings. The van der Waals surface area contributed by atoms with E-state index in [0.717, 1.165) is 23.1 Å². The lowest BCUT2D eigenvalue weighted by Crippen LogP contribution is -2.33. The Morgan fingerprint density at radius 2 is 2.00 bits per heavy atom. The van der Waals surface area contributed by atoms with Gasteiger partial charge in [0.1, 0.15) is 5.82 Å². The van der Waals surface area contributed by atoms with Crippen LogP contribution in [0.4, 0.5) is 5.82 Å². The van der Waals surface area contributed by atoms with Gasteiger partial charge in [0.05, 0.1) is 11.3 Å². The molecule has 26 heavy (non-hydrogen) atoms. The number of thioether (sulfide) groups is 1. The summed E-state index contributed by atoms with van der Waals surface area (Å²) in [4.78, 5) is 21.4. The summed E-state index contributed by atoms with van der Waals surface area (Å²) in [5.74, 6) is 1.26. The molecule has 0 radical (unpaired) electrons. The number of nitrogens with one attached hydrogen (secondary N) is 2. The van der Waals surface area contributed by atoms with Crippen LogP contribution in [-0.2, 0) is 4.79 Å². The number of fused-ring (bicyclic) bond motifs is 1. The van der Waals surface area contributed by atoms with Crippen molar-refractivity contribution in [3.05, 3.63) is 24.3 Å². The van der Waals surface area contributed by atoms with E-state index < -0.39 is 0 Å². The largest absolute Gasteiger partial charge is 0.367 e. The topological polar surface area (TPSA) is 66.9 Å². The Morgan fingerprint density at radius 1 is 1.23 bits per heavy atom. The second kappa shape index (κ2) is 9.21. The first kappa shape index (κ1) is 19.0. The van der Waals surface area contributed by atoms with Crippen LogP contribution in [0, 0.1) is 0 Å².